The summed E-state index contributed by atoms with van der Waals surface area (Å²) >= 11 is 0. The minimum absolute atomic E-state index is 0.115. The molecule has 5 nitrogen and oxygen atoms in total. The minimum Gasteiger partial charge on any atom is -0.409 e. The number of aromatic nitrogens is 1. The highest BCUT2D eigenvalue weighted by molar-refractivity contribution is 5.97. The maximum absolute atomic E-state index is 8.68. The maximum atomic E-state index is 8.68. The molecule has 104 valence electrons. The minimum atomic E-state index is 0.115. The number of rotatable bonds is 5. The smallest absolute Gasteiger partial charge is 0.170 e. The van der Waals surface area contributed by atoms with Crippen LogP contribution in [0.4, 0.5) is 0 Å². The Morgan fingerprint density at radius 2 is 2.20 bits per heavy atom. The van der Waals surface area contributed by atoms with E-state index in [4.69, 9.17) is 10.9 Å². The first-order chi connectivity index (χ1) is 9.70. The van der Waals surface area contributed by atoms with Crippen molar-refractivity contribution in [3.05, 3.63) is 65.5 Å². The fourth-order valence-electron chi connectivity index (χ4n) is 1.91. The molecule has 0 spiro atoms. The number of hydrogen-bond donors (Lipinski definition) is 3. The average Bonchev–Trinajstić information content (AvgIpc) is 2.53. The van der Waals surface area contributed by atoms with Crippen LogP contribution in [0.15, 0.2) is 53.8 Å². The Hall–Kier alpha value is -2.40. The number of hydrogen-bond acceptors (Lipinski definition) is 4. The summed E-state index contributed by atoms with van der Waals surface area (Å²) in [6.45, 7) is 2.75. The number of benzene rings is 1. The molecule has 0 aliphatic rings. The lowest BCUT2D eigenvalue weighted by molar-refractivity contribution is 0.318. The molecule has 0 bridgehead atoms. The van der Waals surface area contributed by atoms with Crippen LogP contribution in [-0.2, 0) is 6.54 Å². The first kappa shape index (κ1) is 14.0. The van der Waals surface area contributed by atoms with E-state index >= 15 is 0 Å². The van der Waals surface area contributed by atoms with E-state index in [2.05, 4.69) is 22.4 Å². The quantitative estimate of drug-likeness (QED) is 0.336. The van der Waals surface area contributed by atoms with Gasteiger partial charge in [-0.3, -0.25) is 4.98 Å². The number of oxime groups is 1. The number of nitrogens with two attached hydrogens (primary N) is 1. The molecule has 1 heterocycles. The zero-order valence-corrected chi connectivity index (χ0v) is 11.3. The van der Waals surface area contributed by atoms with Crippen molar-refractivity contribution in [3.8, 4) is 0 Å². The summed E-state index contributed by atoms with van der Waals surface area (Å²) in [6, 6.07) is 13.6. The van der Waals surface area contributed by atoms with Gasteiger partial charge >= 0.3 is 0 Å². The van der Waals surface area contributed by atoms with Crippen molar-refractivity contribution >= 4 is 5.84 Å². The molecule has 1 atom stereocenters. The number of amidine groups is 1. The summed E-state index contributed by atoms with van der Waals surface area (Å²) in [5.41, 5.74) is 8.35. The third kappa shape index (κ3) is 3.55. The van der Waals surface area contributed by atoms with Gasteiger partial charge in [0.25, 0.3) is 0 Å². The van der Waals surface area contributed by atoms with Crippen LogP contribution >= 0.6 is 0 Å². The largest absolute Gasteiger partial charge is 0.409 e. The van der Waals surface area contributed by atoms with Crippen LogP contribution in [-0.4, -0.2) is 16.0 Å². The molecular formula is C15H18N4O. The Morgan fingerprint density at radius 3 is 2.90 bits per heavy atom. The first-order valence-corrected chi connectivity index (χ1v) is 6.42. The SMILES string of the molecule is CC(NCc1cccc(C(N)=NO)c1)c1ccccn1. The number of pyridine rings is 1. The Balaban J connectivity index is 2.01. The van der Waals surface area contributed by atoms with Crippen LogP contribution in [0.1, 0.15) is 29.8 Å². The second-order valence-corrected chi connectivity index (χ2v) is 4.54. The van der Waals surface area contributed by atoms with Crippen LogP contribution in [0.2, 0.25) is 0 Å². The standard InChI is InChI=1S/C15H18N4O/c1-11(14-7-2-3-8-17-14)18-10-12-5-4-6-13(9-12)15(16)19-20/h2-9,11,18,20H,10H2,1H3,(H2,16,19). The van der Waals surface area contributed by atoms with Crippen molar-refractivity contribution in [1.29, 1.82) is 0 Å². The third-order valence-corrected chi connectivity index (χ3v) is 3.07. The molecule has 1 aromatic carbocycles. The molecular weight excluding hydrogens is 252 g/mol. The summed E-state index contributed by atoms with van der Waals surface area (Å²) in [5, 5.41) is 15.1. The zero-order valence-electron chi connectivity index (χ0n) is 11.3. The van der Waals surface area contributed by atoms with Crippen molar-refractivity contribution in [2.75, 3.05) is 0 Å². The van der Waals surface area contributed by atoms with Gasteiger partial charge in [-0.05, 0) is 30.7 Å². The normalized spacial score (nSPS) is 13.2. The monoisotopic (exact) mass is 270 g/mol. The molecule has 20 heavy (non-hydrogen) atoms. The van der Waals surface area contributed by atoms with E-state index < -0.39 is 0 Å². The lowest BCUT2D eigenvalue weighted by Gasteiger charge is -2.13. The van der Waals surface area contributed by atoms with Crippen LogP contribution in [0.25, 0.3) is 0 Å². The number of nitrogens with one attached hydrogen (secondary N) is 1. The average molecular weight is 270 g/mol. The summed E-state index contributed by atoms with van der Waals surface area (Å²) in [6.07, 6.45) is 1.78. The van der Waals surface area contributed by atoms with Crippen molar-refractivity contribution in [3.63, 3.8) is 0 Å². The Morgan fingerprint density at radius 1 is 1.35 bits per heavy atom. The number of nitrogens with zero attached hydrogens (tertiary/aromatic N) is 2. The highest BCUT2D eigenvalue weighted by Gasteiger charge is 2.06. The lowest BCUT2D eigenvalue weighted by Crippen LogP contribution is -2.19. The van der Waals surface area contributed by atoms with Crippen LogP contribution in [0.3, 0.4) is 0 Å². The highest BCUT2D eigenvalue weighted by atomic mass is 16.4. The molecule has 0 aliphatic carbocycles. The van der Waals surface area contributed by atoms with E-state index in [-0.39, 0.29) is 11.9 Å². The van der Waals surface area contributed by atoms with Crippen LogP contribution < -0.4 is 11.1 Å². The van der Waals surface area contributed by atoms with Gasteiger partial charge in [-0.25, -0.2) is 0 Å². The summed E-state index contributed by atoms with van der Waals surface area (Å²) in [5.74, 6) is 0.115. The van der Waals surface area contributed by atoms with Gasteiger partial charge in [-0.1, -0.05) is 29.4 Å². The Labute approximate surface area is 118 Å². The van der Waals surface area contributed by atoms with Gasteiger partial charge < -0.3 is 16.3 Å². The highest BCUT2D eigenvalue weighted by Crippen LogP contribution is 2.10. The van der Waals surface area contributed by atoms with Gasteiger partial charge in [0.2, 0.25) is 0 Å². The van der Waals surface area contributed by atoms with Crippen molar-refractivity contribution in [2.45, 2.75) is 19.5 Å². The molecule has 0 amide bonds. The van der Waals surface area contributed by atoms with Gasteiger partial charge in [0.05, 0.1) is 5.69 Å². The lowest BCUT2D eigenvalue weighted by atomic mass is 10.1. The van der Waals surface area contributed by atoms with E-state index in [1.165, 1.54) is 0 Å². The van der Waals surface area contributed by atoms with Crippen molar-refractivity contribution in [2.24, 2.45) is 10.9 Å². The summed E-state index contributed by atoms with van der Waals surface area (Å²) < 4.78 is 0. The van der Waals surface area contributed by atoms with Crippen LogP contribution in [0, 0.1) is 0 Å². The van der Waals surface area contributed by atoms with Gasteiger partial charge in [-0.2, -0.15) is 0 Å². The van der Waals surface area contributed by atoms with Gasteiger partial charge in [0.1, 0.15) is 0 Å². The molecule has 1 unspecified atom stereocenters. The summed E-state index contributed by atoms with van der Waals surface area (Å²) in [7, 11) is 0. The molecule has 0 radical (unpaired) electrons. The van der Waals surface area contributed by atoms with Crippen molar-refractivity contribution < 1.29 is 5.21 Å². The van der Waals surface area contributed by atoms with E-state index in [1.54, 1.807) is 12.3 Å². The van der Waals surface area contributed by atoms with E-state index in [1.807, 2.05) is 36.4 Å². The Bertz CT molecular complexity index is 583. The van der Waals surface area contributed by atoms with Crippen molar-refractivity contribution in [1.82, 2.24) is 10.3 Å². The molecule has 0 saturated heterocycles. The predicted octanol–water partition coefficient (Wildman–Crippen LogP) is 2.03. The molecule has 4 N–H and O–H groups in total. The molecule has 1 aromatic heterocycles. The van der Waals surface area contributed by atoms with E-state index in [0.29, 0.717) is 12.1 Å². The van der Waals surface area contributed by atoms with Crippen LogP contribution in [0.5, 0.6) is 0 Å². The Kier molecular flexibility index (Phi) is 4.68. The van der Waals surface area contributed by atoms with E-state index in [0.717, 1.165) is 11.3 Å². The molecule has 0 fully saturated rings. The molecule has 0 saturated carbocycles. The third-order valence-electron chi connectivity index (χ3n) is 3.07. The zero-order chi connectivity index (χ0) is 14.4. The first-order valence-electron chi connectivity index (χ1n) is 6.42. The van der Waals surface area contributed by atoms with Gasteiger partial charge in [0, 0.05) is 24.3 Å². The molecule has 2 aromatic rings. The molecule has 0 aliphatic heterocycles. The predicted molar refractivity (Wildman–Crippen MR) is 78.4 cm³/mol. The van der Waals surface area contributed by atoms with Gasteiger partial charge in [-0.15, -0.1) is 0 Å². The maximum Gasteiger partial charge on any atom is 0.170 e. The molecule has 2 rings (SSSR count). The second kappa shape index (κ2) is 6.68. The van der Waals surface area contributed by atoms with Gasteiger partial charge in [0.15, 0.2) is 5.84 Å². The van der Waals surface area contributed by atoms with E-state index in [9.17, 15) is 0 Å². The second-order valence-electron chi connectivity index (χ2n) is 4.54. The topological polar surface area (TPSA) is 83.5 Å². The molecule has 5 heteroatoms. The summed E-state index contributed by atoms with van der Waals surface area (Å²) in [4.78, 5) is 4.32. The fourth-order valence-corrected chi connectivity index (χ4v) is 1.91. The fraction of sp³-hybridized carbons (Fsp3) is 0.200.